The quantitative estimate of drug-likeness (QED) is 0.0608. The van der Waals surface area contributed by atoms with Crippen molar-refractivity contribution in [1.82, 2.24) is 0 Å². The summed E-state index contributed by atoms with van der Waals surface area (Å²) < 4.78 is 0. The SMILES string of the molecule is CCCCCCCCCCCCCCC(=O)Nc1ccc(SSc2ccc(NC(=O)CCCCCCCCCCCCCC)cc2)cc1. The van der Waals surface area contributed by atoms with E-state index in [1.54, 1.807) is 21.6 Å². The Bertz CT molecular complexity index is 973. The second-order valence-electron chi connectivity index (χ2n) is 13.6. The zero-order chi connectivity index (χ0) is 34.3. The van der Waals surface area contributed by atoms with Crippen LogP contribution in [0.4, 0.5) is 11.4 Å². The molecule has 0 atom stereocenters. The topological polar surface area (TPSA) is 58.2 Å². The first-order valence-electron chi connectivity index (χ1n) is 19.7. The maximum atomic E-state index is 12.4. The van der Waals surface area contributed by atoms with Crippen LogP contribution in [-0.4, -0.2) is 11.8 Å². The number of amides is 2. The summed E-state index contributed by atoms with van der Waals surface area (Å²) in [5.74, 6) is 0.219. The van der Waals surface area contributed by atoms with Gasteiger partial charge in [0.1, 0.15) is 0 Å². The van der Waals surface area contributed by atoms with Crippen molar-refractivity contribution < 1.29 is 9.59 Å². The van der Waals surface area contributed by atoms with Gasteiger partial charge >= 0.3 is 0 Å². The van der Waals surface area contributed by atoms with Crippen LogP contribution in [0.2, 0.25) is 0 Å². The Kier molecular flexibility index (Phi) is 26.4. The molecule has 6 heteroatoms. The molecule has 0 radical (unpaired) electrons. The van der Waals surface area contributed by atoms with Crippen molar-refractivity contribution in [2.75, 3.05) is 10.6 Å². The number of rotatable bonds is 31. The Labute approximate surface area is 303 Å². The summed E-state index contributed by atoms with van der Waals surface area (Å²) in [4.78, 5) is 27.0. The molecule has 0 saturated carbocycles. The number of benzene rings is 2. The predicted molar refractivity (Wildman–Crippen MR) is 213 cm³/mol. The van der Waals surface area contributed by atoms with E-state index in [2.05, 4.69) is 48.7 Å². The van der Waals surface area contributed by atoms with Crippen LogP contribution in [0.5, 0.6) is 0 Å². The van der Waals surface area contributed by atoms with E-state index < -0.39 is 0 Å². The van der Waals surface area contributed by atoms with Gasteiger partial charge in [-0.25, -0.2) is 0 Å². The zero-order valence-corrected chi connectivity index (χ0v) is 32.3. The Morgan fingerprint density at radius 1 is 0.396 bits per heavy atom. The summed E-state index contributed by atoms with van der Waals surface area (Å²) in [6, 6.07) is 16.2. The average molecular weight is 697 g/mol. The normalized spacial score (nSPS) is 11.1. The Morgan fingerprint density at radius 3 is 0.917 bits per heavy atom. The lowest BCUT2D eigenvalue weighted by Crippen LogP contribution is -2.10. The number of carbonyl (C=O) groups is 2. The van der Waals surface area contributed by atoms with Gasteiger partial charge in [0, 0.05) is 34.0 Å². The number of nitrogens with one attached hydrogen (secondary N) is 2. The molecule has 2 rings (SSSR count). The van der Waals surface area contributed by atoms with E-state index in [4.69, 9.17) is 0 Å². The number of hydrogen-bond donors (Lipinski definition) is 2. The molecule has 0 unspecified atom stereocenters. The monoisotopic (exact) mass is 696 g/mol. The highest BCUT2D eigenvalue weighted by Crippen LogP contribution is 2.38. The van der Waals surface area contributed by atoms with Crippen molar-refractivity contribution in [3.05, 3.63) is 48.5 Å². The van der Waals surface area contributed by atoms with Gasteiger partial charge in [0.25, 0.3) is 0 Å². The minimum Gasteiger partial charge on any atom is -0.326 e. The molecule has 2 amide bonds. The van der Waals surface area contributed by atoms with Crippen LogP contribution < -0.4 is 10.6 Å². The number of carbonyl (C=O) groups excluding carboxylic acids is 2. The fourth-order valence-corrected chi connectivity index (χ4v) is 7.91. The zero-order valence-electron chi connectivity index (χ0n) is 30.6. The fraction of sp³-hybridized carbons (Fsp3) is 0.667. The highest BCUT2D eigenvalue weighted by atomic mass is 33.1. The molecule has 0 aliphatic carbocycles. The van der Waals surface area contributed by atoms with E-state index in [-0.39, 0.29) is 11.8 Å². The van der Waals surface area contributed by atoms with Crippen LogP contribution in [0.25, 0.3) is 0 Å². The minimum absolute atomic E-state index is 0.109. The Hall–Kier alpha value is -1.92. The third-order valence-corrected chi connectivity index (χ3v) is 11.4. The lowest BCUT2D eigenvalue weighted by molar-refractivity contribution is -0.117. The molecule has 0 aliphatic heterocycles. The molecule has 2 aromatic carbocycles. The molecule has 2 aromatic rings. The molecule has 0 spiro atoms. The van der Waals surface area contributed by atoms with E-state index in [9.17, 15) is 9.59 Å². The van der Waals surface area contributed by atoms with E-state index in [1.165, 1.54) is 128 Å². The molecule has 0 aromatic heterocycles. The third kappa shape index (κ3) is 23.4. The molecule has 0 fully saturated rings. The fourth-order valence-electron chi connectivity index (χ4n) is 5.98. The van der Waals surface area contributed by atoms with Gasteiger partial charge in [0.15, 0.2) is 0 Å². The summed E-state index contributed by atoms with van der Waals surface area (Å²) in [5.41, 5.74) is 1.72. The van der Waals surface area contributed by atoms with Gasteiger partial charge < -0.3 is 10.6 Å². The molecular formula is C42H68N2O2S2. The summed E-state index contributed by atoms with van der Waals surface area (Å²) in [6.07, 6.45) is 32.5. The lowest BCUT2D eigenvalue weighted by Gasteiger charge is -2.08. The standard InChI is InChI=1S/C42H68N2O2S2/c1-3-5-7-9-11-13-15-17-19-21-23-25-27-41(45)43-37-29-33-39(34-30-37)47-48-40-35-31-38(32-36-40)44-42(46)28-26-24-22-20-18-16-14-12-10-8-6-4-2/h29-36H,3-28H2,1-2H3,(H,43,45)(H,44,46). The summed E-state index contributed by atoms with van der Waals surface area (Å²) >= 11 is 0. The number of hydrogen-bond acceptors (Lipinski definition) is 4. The van der Waals surface area contributed by atoms with E-state index in [0.29, 0.717) is 12.8 Å². The second kappa shape index (κ2) is 29.9. The third-order valence-electron chi connectivity index (χ3n) is 9.03. The highest BCUT2D eigenvalue weighted by molar-refractivity contribution is 8.76. The van der Waals surface area contributed by atoms with Crippen molar-refractivity contribution in [2.24, 2.45) is 0 Å². The van der Waals surface area contributed by atoms with Crippen molar-refractivity contribution in [3.63, 3.8) is 0 Å². The molecule has 2 N–H and O–H groups in total. The van der Waals surface area contributed by atoms with E-state index >= 15 is 0 Å². The van der Waals surface area contributed by atoms with Gasteiger partial charge in [-0.15, -0.1) is 0 Å². The van der Waals surface area contributed by atoms with E-state index in [0.717, 1.165) is 46.8 Å². The first-order chi connectivity index (χ1) is 23.6. The maximum absolute atomic E-state index is 12.4. The molecule has 4 nitrogen and oxygen atoms in total. The van der Waals surface area contributed by atoms with Gasteiger partial charge in [-0.05, 0) is 61.4 Å². The maximum Gasteiger partial charge on any atom is 0.224 e. The Balaban J connectivity index is 1.48. The van der Waals surface area contributed by atoms with E-state index in [1.807, 2.05) is 24.3 Å². The summed E-state index contributed by atoms with van der Waals surface area (Å²) in [7, 11) is 3.39. The summed E-state index contributed by atoms with van der Waals surface area (Å²) in [5, 5.41) is 6.10. The van der Waals surface area contributed by atoms with Crippen LogP contribution in [0.3, 0.4) is 0 Å². The van der Waals surface area contributed by atoms with Crippen LogP contribution in [0.1, 0.15) is 181 Å². The molecule has 0 bridgehead atoms. The molecule has 48 heavy (non-hydrogen) atoms. The van der Waals surface area contributed by atoms with Crippen LogP contribution in [0.15, 0.2) is 58.3 Å². The Morgan fingerprint density at radius 2 is 0.646 bits per heavy atom. The molecule has 0 aliphatic rings. The van der Waals surface area contributed by atoms with Gasteiger partial charge in [-0.2, -0.15) is 0 Å². The largest absolute Gasteiger partial charge is 0.326 e. The van der Waals surface area contributed by atoms with Crippen LogP contribution in [0, 0.1) is 0 Å². The van der Waals surface area contributed by atoms with Crippen molar-refractivity contribution >= 4 is 44.8 Å². The van der Waals surface area contributed by atoms with Crippen molar-refractivity contribution in [1.29, 1.82) is 0 Å². The van der Waals surface area contributed by atoms with Gasteiger partial charge in [0.05, 0.1) is 0 Å². The highest BCUT2D eigenvalue weighted by Gasteiger charge is 2.06. The van der Waals surface area contributed by atoms with Gasteiger partial charge in [0.2, 0.25) is 11.8 Å². The first-order valence-corrected chi connectivity index (χ1v) is 21.9. The minimum atomic E-state index is 0.109. The second-order valence-corrected chi connectivity index (χ2v) is 15.9. The summed E-state index contributed by atoms with van der Waals surface area (Å²) in [6.45, 7) is 4.54. The van der Waals surface area contributed by atoms with Crippen LogP contribution >= 0.6 is 21.6 Å². The smallest absolute Gasteiger partial charge is 0.224 e. The number of anilines is 2. The van der Waals surface area contributed by atoms with Crippen molar-refractivity contribution in [3.8, 4) is 0 Å². The number of unbranched alkanes of at least 4 members (excludes halogenated alkanes) is 22. The average Bonchev–Trinajstić information content (AvgIpc) is 3.09. The lowest BCUT2D eigenvalue weighted by atomic mass is 10.0. The van der Waals surface area contributed by atoms with Gasteiger partial charge in [-0.1, -0.05) is 177 Å². The first kappa shape index (κ1) is 42.2. The molecule has 0 saturated heterocycles. The van der Waals surface area contributed by atoms with Gasteiger partial charge in [-0.3, -0.25) is 9.59 Å². The predicted octanol–water partition coefficient (Wildman–Crippen LogP) is 14.5. The van der Waals surface area contributed by atoms with Crippen molar-refractivity contribution in [2.45, 2.75) is 191 Å². The molecule has 270 valence electrons. The molecular weight excluding hydrogens is 629 g/mol. The molecule has 0 heterocycles. The van der Waals surface area contributed by atoms with Crippen LogP contribution in [-0.2, 0) is 9.59 Å².